The zero-order valence-corrected chi connectivity index (χ0v) is 13.0. The summed E-state index contributed by atoms with van der Waals surface area (Å²) in [6.45, 7) is 0.147. The highest BCUT2D eigenvalue weighted by Gasteiger charge is 2.17. The lowest BCUT2D eigenvalue weighted by Gasteiger charge is -2.16. The van der Waals surface area contributed by atoms with Crippen LogP contribution in [0.5, 0.6) is 0 Å². The molecule has 0 spiro atoms. The van der Waals surface area contributed by atoms with Gasteiger partial charge in [0.2, 0.25) is 0 Å². The lowest BCUT2D eigenvalue weighted by Crippen LogP contribution is -2.27. The quantitative estimate of drug-likeness (QED) is 0.684. The summed E-state index contributed by atoms with van der Waals surface area (Å²) >= 11 is 0. The lowest BCUT2D eigenvalue weighted by atomic mass is 9.94. The van der Waals surface area contributed by atoms with Gasteiger partial charge in [-0.2, -0.15) is 0 Å². The highest BCUT2D eigenvalue weighted by Crippen LogP contribution is 2.26. The number of amides is 1. The molecule has 23 heavy (non-hydrogen) atoms. The predicted molar refractivity (Wildman–Crippen MR) is 88.8 cm³/mol. The molecule has 1 N–H and O–H groups in total. The van der Waals surface area contributed by atoms with Gasteiger partial charge in [0.1, 0.15) is 5.69 Å². The zero-order chi connectivity index (χ0) is 16.1. The minimum absolute atomic E-state index is 0.147. The van der Waals surface area contributed by atoms with Crippen LogP contribution >= 0.6 is 0 Å². The van der Waals surface area contributed by atoms with Crippen molar-refractivity contribution in [1.29, 1.82) is 0 Å². The predicted octanol–water partition coefficient (Wildman–Crippen LogP) is 4.07. The van der Waals surface area contributed by atoms with Crippen molar-refractivity contribution in [2.24, 2.45) is 0 Å². The number of rotatable bonds is 4. The minimum Gasteiger partial charge on any atom is -0.285 e. The van der Waals surface area contributed by atoms with E-state index < -0.39 is 5.91 Å². The van der Waals surface area contributed by atoms with E-state index in [9.17, 15) is 10.0 Å². The second kappa shape index (κ2) is 7.20. The van der Waals surface area contributed by atoms with E-state index in [1.807, 2.05) is 36.4 Å². The first-order chi connectivity index (χ1) is 11.2. The molecule has 0 saturated carbocycles. The summed E-state index contributed by atoms with van der Waals surface area (Å²) in [6.07, 6.45) is 8.38. The maximum atomic E-state index is 12.4. The van der Waals surface area contributed by atoms with Gasteiger partial charge in [-0.15, -0.1) is 0 Å². The number of benzene rings is 1. The van der Waals surface area contributed by atoms with Crippen molar-refractivity contribution in [1.82, 2.24) is 10.0 Å². The minimum atomic E-state index is -0.480. The third kappa shape index (κ3) is 3.85. The molecule has 2 aromatic rings. The summed E-state index contributed by atoms with van der Waals surface area (Å²) in [4.78, 5) is 16.5. The number of carbonyl (C=O) groups is 1. The van der Waals surface area contributed by atoms with E-state index in [0.29, 0.717) is 0 Å². The molecule has 0 fully saturated rings. The SMILES string of the molecule is O=C(c1cc(C2=CCCCC2)ccn1)N(O)Cc1ccccc1. The molecule has 0 unspecified atom stereocenters. The number of hydrogen-bond acceptors (Lipinski definition) is 3. The fourth-order valence-corrected chi connectivity index (χ4v) is 2.81. The molecule has 0 saturated heterocycles. The van der Waals surface area contributed by atoms with Crippen LogP contribution in [0.2, 0.25) is 0 Å². The maximum absolute atomic E-state index is 12.4. The second-order valence-corrected chi connectivity index (χ2v) is 5.75. The molecule has 1 aliphatic carbocycles. The van der Waals surface area contributed by atoms with Crippen LogP contribution in [0.4, 0.5) is 0 Å². The van der Waals surface area contributed by atoms with Gasteiger partial charge in [0, 0.05) is 6.20 Å². The number of hydroxylamine groups is 2. The smallest absolute Gasteiger partial charge is 0.285 e. The molecule has 1 aliphatic rings. The number of hydrogen-bond donors (Lipinski definition) is 1. The van der Waals surface area contributed by atoms with E-state index in [2.05, 4.69) is 11.1 Å². The van der Waals surface area contributed by atoms with Crippen molar-refractivity contribution in [2.75, 3.05) is 0 Å². The van der Waals surface area contributed by atoms with Crippen LogP contribution in [-0.4, -0.2) is 21.2 Å². The van der Waals surface area contributed by atoms with Gasteiger partial charge in [-0.3, -0.25) is 15.0 Å². The summed E-state index contributed by atoms with van der Waals surface area (Å²) in [5, 5.41) is 10.8. The van der Waals surface area contributed by atoms with Crippen LogP contribution in [0.3, 0.4) is 0 Å². The number of carbonyl (C=O) groups excluding carboxylic acids is 1. The molecule has 3 rings (SSSR count). The standard InChI is InChI=1S/C19H20N2O2/c22-19(21(23)14-15-7-3-1-4-8-15)18-13-17(11-12-20-18)16-9-5-2-6-10-16/h1,3-4,7-9,11-13,23H,2,5-6,10,14H2. The van der Waals surface area contributed by atoms with Crippen molar-refractivity contribution in [3.8, 4) is 0 Å². The molecule has 1 aromatic heterocycles. The average molecular weight is 308 g/mol. The lowest BCUT2D eigenvalue weighted by molar-refractivity contribution is -0.0652. The molecular formula is C19H20N2O2. The van der Waals surface area contributed by atoms with E-state index in [-0.39, 0.29) is 12.2 Å². The molecule has 1 amide bonds. The highest BCUT2D eigenvalue weighted by atomic mass is 16.5. The fraction of sp³-hybridized carbons (Fsp3) is 0.263. The molecular weight excluding hydrogens is 288 g/mol. The summed E-state index contributed by atoms with van der Waals surface area (Å²) < 4.78 is 0. The van der Waals surface area contributed by atoms with Gasteiger partial charge in [0.25, 0.3) is 5.91 Å². The van der Waals surface area contributed by atoms with Crippen molar-refractivity contribution in [3.63, 3.8) is 0 Å². The van der Waals surface area contributed by atoms with Gasteiger partial charge in [-0.05, 0) is 54.5 Å². The molecule has 4 nitrogen and oxygen atoms in total. The molecule has 118 valence electrons. The van der Waals surface area contributed by atoms with Gasteiger partial charge in [-0.25, -0.2) is 5.06 Å². The summed E-state index contributed by atoms with van der Waals surface area (Å²) in [5.74, 6) is -0.480. The van der Waals surface area contributed by atoms with Gasteiger partial charge in [-0.1, -0.05) is 36.4 Å². The van der Waals surface area contributed by atoms with E-state index in [1.54, 1.807) is 12.3 Å². The molecule has 1 heterocycles. The number of allylic oxidation sites excluding steroid dienone is 2. The third-order valence-electron chi connectivity index (χ3n) is 4.05. The largest absolute Gasteiger partial charge is 0.296 e. The van der Waals surface area contributed by atoms with E-state index >= 15 is 0 Å². The molecule has 0 radical (unpaired) electrons. The Morgan fingerprint density at radius 2 is 2.00 bits per heavy atom. The van der Waals surface area contributed by atoms with Gasteiger partial charge in [0.05, 0.1) is 6.54 Å². The Balaban J connectivity index is 1.75. The Morgan fingerprint density at radius 1 is 1.17 bits per heavy atom. The van der Waals surface area contributed by atoms with Crippen LogP contribution in [-0.2, 0) is 6.54 Å². The Bertz CT molecular complexity index is 710. The Kier molecular flexibility index (Phi) is 4.83. The molecule has 4 heteroatoms. The molecule has 0 bridgehead atoms. The summed E-state index contributed by atoms with van der Waals surface area (Å²) in [7, 11) is 0. The first-order valence-electron chi connectivity index (χ1n) is 7.94. The first-order valence-corrected chi connectivity index (χ1v) is 7.94. The first kappa shape index (κ1) is 15.4. The molecule has 0 aliphatic heterocycles. The second-order valence-electron chi connectivity index (χ2n) is 5.75. The van der Waals surface area contributed by atoms with Crippen molar-refractivity contribution in [2.45, 2.75) is 32.2 Å². The van der Waals surface area contributed by atoms with Gasteiger partial charge in [0.15, 0.2) is 0 Å². The van der Waals surface area contributed by atoms with Gasteiger partial charge < -0.3 is 0 Å². The Hall–Kier alpha value is -2.46. The number of pyridine rings is 1. The number of nitrogens with zero attached hydrogens (tertiary/aromatic N) is 2. The van der Waals surface area contributed by atoms with Crippen molar-refractivity contribution < 1.29 is 10.0 Å². The third-order valence-corrected chi connectivity index (χ3v) is 4.05. The fourth-order valence-electron chi connectivity index (χ4n) is 2.81. The summed E-state index contributed by atoms with van der Waals surface area (Å²) in [6, 6.07) is 13.1. The van der Waals surface area contributed by atoms with Crippen LogP contribution in [0.25, 0.3) is 5.57 Å². The normalized spacial score (nSPS) is 14.2. The van der Waals surface area contributed by atoms with Crippen molar-refractivity contribution >= 4 is 11.5 Å². The average Bonchev–Trinajstić information content (AvgIpc) is 2.63. The van der Waals surface area contributed by atoms with E-state index in [1.165, 1.54) is 18.4 Å². The number of aromatic nitrogens is 1. The maximum Gasteiger partial charge on any atom is 0.296 e. The zero-order valence-electron chi connectivity index (χ0n) is 13.0. The van der Waals surface area contributed by atoms with Crippen LogP contribution in [0.15, 0.2) is 54.7 Å². The highest BCUT2D eigenvalue weighted by molar-refractivity contribution is 5.92. The van der Waals surface area contributed by atoms with Gasteiger partial charge >= 0.3 is 0 Å². The van der Waals surface area contributed by atoms with E-state index in [4.69, 9.17) is 0 Å². The molecule has 1 aromatic carbocycles. The Labute approximate surface area is 136 Å². The summed E-state index contributed by atoms with van der Waals surface area (Å²) in [5.41, 5.74) is 3.43. The van der Waals surface area contributed by atoms with Crippen LogP contribution in [0.1, 0.15) is 47.3 Å². The van der Waals surface area contributed by atoms with Crippen LogP contribution in [0, 0.1) is 0 Å². The van der Waals surface area contributed by atoms with Crippen molar-refractivity contribution in [3.05, 3.63) is 71.6 Å². The molecule has 0 atom stereocenters. The van der Waals surface area contributed by atoms with E-state index in [0.717, 1.165) is 29.0 Å². The Morgan fingerprint density at radius 3 is 2.74 bits per heavy atom. The van der Waals surface area contributed by atoms with Crippen LogP contribution < -0.4 is 0 Å². The monoisotopic (exact) mass is 308 g/mol. The topological polar surface area (TPSA) is 53.4 Å².